The van der Waals surface area contributed by atoms with Crippen LogP contribution in [0.5, 0.6) is 0 Å². The standard InChI is InChI=1S/C14H9Cl2FO2/c15-10-3-4-13(17)11(7-10)8-1-2-9(6-14(18)19)12(16)5-8/h1-5,7H,6H2,(H,18,19). The maximum Gasteiger partial charge on any atom is 0.307 e. The van der Waals surface area contributed by atoms with Gasteiger partial charge >= 0.3 is 5.97 Å². The average molecular weight is 299 g/mol. The number of halogens is 3. The van der Waals surface area contributed by atoms with Crippen molar-refractivity contribution in [1.29, 1.82) is 0 Å². The van der Waals surface area contributed by atoms with Crippen LogP contribution in [0.1, 0.15) is 5.56 Å². The highest BCUT2D eigenvalue weighted by Gasteiger charge is 2.10. The minimum absolute atomic E-state index is 0.170. The molecule has 0 aromatic heterocycles. The van der Waals surface area contributed by atoms with Crippen LogP contribution in [0, 0.1) is 5.82 Å². The highest BCUT2D eigenvalue weighted by molar-refractivity contribution is 6.32. The predicted molar refractivity (Wildman–Crippen MR) is 73.2 cm³/mol. The Morgan fingerprint density at radius 2 is 1.89 bits per heavy atom. The van der Waals surface area contributed by atoms with Crippen LogP contribution >= 0.6 is 23.2 Å². The molecule has 0 heterocycles. The Morgan fingerprint density at radius 3 is 2.53 bits per heavy atom. The van der Waals surface area contributed by atoms with E-state index in [9.17, 15) is 9.18 Å². The van der Waals surface area contributed by atoms with Crippen molar-refractivity contribution in [3.8, 4) is 11.1 Å². The van der Waals surface area contributed by atoms with Gasteiger partial charge in [0, 0.05) is 15.6 Å². The first kappa shape index (κ1) is 13.8. The SMILES string of the molecule is O=C(O)Cc1ccc(-c2cc(Cl)ccc2F)cc1Cl. The summed E-state index contributed by atoms with van der Waals surface area (Å²) < 4.78 is 13.7. The van der Waals surface area contributed by atoms with E-state index in [4.69, 9.17) is 28.3 Å². The summed E-state index contributed by atoms with van der Waals surface area (Å²) in [6.07, 6.45) is -0.170. The van der Waals surface area contributed by atoms with Gasteiger partial charge in [0.15, 0.2) is 0 Å². The second kappa shape index (κ2) is 5.59. The Morgan fingerprint density at radius 1 is 1.16 bits per heavy atom. The largest absolute Gasteiger partial charge is 0.481 e. The first-order valence-corrected chi connectivity index (χ1v) is 6.18. The van der Waals surface area contributed by atoms with Crippen LogP contribution in [-0.2, 0) is 11.2 Å². The summed E-state index contributed by atoms with van der Waals surface area (Å²) in [4.78, 5) is 10.6. The lowest BCUT2D eigenvalue weighted by Gasteiger charge is -2.07. The first-order chi connectivity index (χ1) is 8.97. The molecule has 98 valence electrons. The van der Waals surface area contributed by atoms with Crippen LogP contribution in [0.15, 0.2) is 36.4 Å². The molecule has 1 N–H and O–H groups in total. The van der Waals surface area contributed by atoms with Gasteiger partial charge in [0.05, 0.1) is 6.42 Å². The van der Waals surface area contributed by atoms with Crippen molar-refractivity contribution in [2.75, 3.05) is 0 Å². The van der Waals surface area contributed by atoms with Gasteiger partial charge in [0.2, 0.25) is 0 Å². The van der Waals surface area contributed by atoms with E-state index < -0.39 is 11.8 Å². The summed E-state index contributed by atoms with van der Waals surface area (Å²) in [7, 11) is 0. The quantitative estimate of drug-likeness (QED) is 0.910. The molecule has 2 rings (SSSR count). The minimum Gasteiger partial charge on any atom is -0.481 e. The van der Waals surface area contributed by atoms with E-state index in [1.165, 1.54) is 24.3 Å². The van der Waals surface area contributed by atoms with E-state index in [2.05, 4.69) is 0 Å². The van der Waals surface area contributed by atoms with Gasteiger partial charge in [-0.25, -0.2) is 4.39 Å². The van der Waals surface area contributed by atoms with E-state index in [1.807, 2.05) is 0 Å². The van der Waals surface area contributed by atoms with Crippen LogP contribution in [0.25, 0.3) is 11.1 Å². The fraction of sp³-hybridized carbons (Fsp3) is 0.0714. The second-order valence-corrected chi connectivity index (χ2v) is 4.84. The molecule has 0 atom stereocenters. The summed E-state index contributed by atoms with van der Waals surface area (Å²) in [6, 6.07) is 8.97. The topological polar surface area (TPSA) is 37.3 Å². The molecule has 5 heteroatoms. The number of hydrogen-bond donors (Lipinski definition) is 1. The Labute approximate surface area is 119 Å². The molecule has 0 saturated carbocycles. The minimum atomic E-state index is -0.969. The number of carboxylic acid groups (broad SMARTS) is 1. The molecular weight excluding hydrogens is 290 g/mol. The van der Waals surface area contributed by atoms with Crippen molar-refractivity contribution in [1.82, 2.24) is 0 Å². The van der Waals surface area contributed by atoms with Crippen LogP contribution < -0.4 is 0 Å². The molecule has 0 amide bonds. The number of carboxylic acids is 1. The van der Waals surface area contributed by atoms with Crippen molar-refractivity contribution < 1.29 is 14.3 Å². The normalized spacial score (nSPS) is 10.5. The van der Waals surface area contributed by atoms with Gasteiger partial charge in [-0.1, -0.05) is 35.3 Å². The smallest absolute Gasteiger partial charge is 0.307 e. The zero-order chi connectivity index (χ0) is 14.0. The molecule has 0 saturated heterocycles. The maximum absolute atomic E-state index is 13.7. The van der Waals surface area contributed by atoms with Crippen molar-refractivity contribution >= 4 is 29.2 Å². The first-order valence-electron chi connectivity index (χ1n) is 5.43. The van der Waals surface area contributed by atoms with Gasteiger partial charge in [-0.3, -0.25) is 4.79 Å². The fourth-order valence-electron chi connectivity index (χ4n) is 1.74. The molecular formula is C14H9Cl2FO2. The molecule has 2 nitrogen and oxygen atoms in total. The van der Waals surface area contributed by atoms with Crippen LogP contribution in [-0.4, -0.2) is 11.1 Å². The van der Waals surface area contributed by atoms with Crippen LogP contribution in [0.4, 0.5) is 4.39 Å². The van der Waals surface area contributed by atoms with E-state index in [1.54, 1.807) is 12.1 Å². The van der Waals surface area contributed by atoms with Crippen molar-refractivity contribution in [2.45, 2.75) is 6.42 Å². The predicted octanol–water partition coefficient (Wildman–Crippen LogP) is 4.43. The summed E-state index contributed by atoms with van der Waals surface area (Å²) in [5.41, 5.74) is 1.37. The lowest BCUT2D eigenvalue weighted by atomic mass is 10.0. The second-order valence-electron chi connectivity index (χ2n) is 4.00. The number of hydrogen-bond acceptors (Lipinski definition) is 1. The molecule has 0 radical (unpaired) electrons. The molecule has 0 aliphatic heterocycles. The third-order valence-corrected chi connectivity index (χ3v) is 3.22. The van der Waals surface area contributed by atoms with Crippen LogP contribution in [0.3, 0.4) is 0 Å². The van der Waals surface area contributed by atoms with Crippen LogP contribution in [0.2, 0.25) is 10.0 Å². The summed E-state index contributed by atoms with van der Waals surface area (Å²) in [5, 5.41) is 9.43. The zero-order valence-electron chi connectivity index (χ0n) is 9.66. The van der Waals surface area contributed by atoms with Crippen molar-refractivity contribution in [2.24, 2.45) is 0 Å². The van der Waals surface area contributed by atoms with Gasteiger partial charge in [0.1, 0.15) is 5.82 Å². The monoisotopic (exact) mass is 298 g/mol. The van der Waals surface area contributed by atoms with Gasteiger partial charge in [0.25, 0.3) is 0 Å². The average Bonchev–Trinajstić information content (AvgIpc) is 2.34. The highest BCUT2D eigenvalue weighted by Crippen LogP contribution is 2.29. The number of carbonyl (C=O) groups is 1. The molecule has 0 unspecified atom stereocenters. The van der Waals surface area contributed by atoms with Crippen molar-refractivity contribution in [3.63, 3.8) is 0 Å². The molecule has 19 heavy (non-hydrogen) atoms. The molecule has 2 aromatic rings. The highest BCUT2D eigenvalue weighted by atomic mass is 35.5. The number of aliphatic carboxylic acids is 1. The number of rotatable bonds is 3. The molecule has 0 fully saturated rings. The Balaban J connectivity index is 2.44. The van der Waals surface area contributed by atoms with Gasteiger partial charge in [-0.15, -0.1) is 0 Å². The lowest BCUT2D eigenvalue weighted by Crippen LogP contribution is -2.00. The van der Waals surface area contributed by atoms with E-state index >= 15 is 0 Å². The number of benzene rings is 2. The Kier molecular flexibility index (Phi) is 4.08. The molecule has 0 bridgehead atoms. The van der Waals surface area contributed by atoms with E-state index in [0.29, 0.717) is 26.7 Å². The van der Waals surface area contributed by atoms with Gasteiger partial charge in [-0.2, -0.15) is 0 Å². The maximum atomic E-state index is 13.7. The van der Waals surface area contributed by atoms with Gasteiger partial charge in [-0.05, 0) is 35.4 Å². The van der Waals surface area contributed by atoms with Gasteiger partial charge < -0.3 is 5.11 Å². The van der Waals surface area contributed by atoms with E-state index in [0.717, 1.165) is 0 Å². The third-order valence-electron chi connectivity index (χ3n) is 2.63. The lowest BCUT2D eigenvalue weighted by molar-refractivity contribution is -0.136. The molecule has 0 spiro atoms. The van der Waals surface area contributed by atoms with E-state index in [-0.39, 0.29) is 6.42 Å². The van der Waals surface area contributed by atoms with Crippen molar-refractivity contribution in [3.05, 3.63) is 57.8 Å². The molecule has 0 aliphatic rings. The zero-order valence-corrected chi connectivity index (χ0v) is 11.2. The summed E-state index contributed by atoms with van der Waals surface area (Å²) >= 11 is 11.8. The third kappa shape index (κ3) is 3.25. The summed E-state index contributed by atoms with van der Waals surface area (Å²) in [5.74, 6) is -1.38. The fourth-order valence-corrected chi connectivity index (χ4v) is 2.16. The Bertz CT molecular complexity index is 641. The molecule has 0 aliphatic carbocycles. The Hall–Kier alpha value is -1.58. The molecule has 2 aromatic carbocycles. The summed E-state index contributed by atoms with van der Waals surface area (Å²) in [6.45, 7) is 0.